The second-order valence-electron chi connectivity index (χ2n) is 17.9. The van der Waals surface area contributed by atoms with E-state index in [-0.39, 0.29) is 91.2 Å². The van der Waals surface area contributed by atoms with E-state index in [0.717, 1.165) is 25.7 Å². The highest BCUT2D eigenvalue weighted by atomic mass is 19.4. The summed E-state index contributed by atoms with van der Waals surface area (Å²) >= 11 is 0. The van der Waals surface area contributed by atoms with Gasteiger partial charge in [0.15, 0.2) is 5.75 Å². The zero-order valence-electron chi connectivity index (χ0n) is 43.7. The van der Waals surface area contributed by atoms with Gasteiger partial charge in [0.25, 0.3) is 0 Å². The second kappa shape index (κ2) is 32.4. The highest BCUT2D eigenvalue weighted by Gasteiger charge is 2.27. The number of ether oxygens (including phenoxy) is 8. The van der Waals surface area contributed by atoms with Gasteiger partial charge in [0, 0.05) is 25.0 Å². The van der Waals surface area contributed by atoms with E-state index in [4.69, 9.17) is 49.4 Å². The number of hydrogen-bond donors (Lipinski definition) is 2. The number of nitrogen functional groups attached to an aromatic ring is 2. The third kappa shape index (κ3) is 24.5. The molecule has 5 aromatic rings. The van der Waals surface area contributed by atoms with Gasteiger partial charge in [-0.25, -0.2) is 24.0 Å². The maximum Gasteiger partial charge on any atom is 0.389 e. The van der Waals surface area contributed by atoms with E-state index in [0.29, 0.717) is 54.9 Å². The molecule has 5 rings (SSSR count). The zero-order valence-corrected chi connectivity index (χ0v) is 43.7. The standard InChI is InChI=1S/C59H62F6N2O13/c60-58(61,62)31-9-37-73-46-25-17-43(18-26-46)56(71)79-48-21-11-41(12-22-48)15-29-52(68)75-33-5-1-3-7-35-77-54-50(66)39-45(40-51(54)67)55(70)78-36-8-4-2-6-34-76-53(69)30-16-42-13-23-49(24-14-42)80-57(72)44-19-27-47(28-20-44)74-38-10-32-59(63,64)65/h11-30,39-40H,1-10,31-38,66-67H2/b29-15+,30-16+. The Morgan fingerprint density at radius 2 is 0.738 bits per heavy atom. The van der Waals surface area contributed by atoms with Gasteiger partial charge in [-0.2, -0.15) is 26.3 Å². The quantitative estimate of drug-likeness (QED) is 0.00780. The van der Waals surface area contributed by atoms with E-state index in [1.807, 2.05) is 0 Å². The zero-order chi connectivity index (χ0) is 57.8. The van der Waals surface area contributed by atoms with E-state index in [1.165, 1.54) is 72.8 Å². The molecule has 0 saturated carbocycles. The lowest BCUT2D eigenvalue weighted by atomic mass is 10.1. The third-order valence-corrected chi connectivity index (χ3v) is 11.4. The molecular weight excluding hydrogens is 1060 g/mol. The number of hydrogen-bond acceptors (Lipinski definition) is 15. The summed E-state index contributed by atoms with van der Waals surface area (Å²) in [7, 11) is 0. The third-order valence-electron chi connectivity index (χ3n) is 11.4. The molecule has 21 heteroatoms. The van der Waals surface area contributed by atoms with Gasteiger partial charge < -0.3 is 49.4 Å². The lowest BCUT2D eigenvalue weighted by Gasteiger charge is -2.13. The Kier molecular flexibility index (Phi) is 25.3. The summed E-state index contributed by atoms with van der Waals surface area (Å²) < 4.78 is 117. The lowest BCUT2D eigenvalue weighted by molar-refractivity contribution is -0.138. The van der Waals surface area contributed by atoms with Crippen molar-refractivity contribution in [2.24, 2.45) is 0 Å². The first-order valence-electron chi connectivity index (χ1n) is 25.7. The van der Waals surface area contributed by atoms with Crippen molar-refractivity contribution >= 4 is 53.4 Å². The van der Waals surface area contributed by atoms with Crippen LogP contribution in [-0.4, -0.2) is 81.8 Å². The molecule has 0 fully saturated rings. The summed E-state index contributed by atoms with van der Waals surface area (Å²) in [5.41, 5.74) is 14.7. The molecule has 0 radical (unpaired) electrons. The summed E-state index contributed by atoms with van der Waals surface area (Å²) in [6.07, 6.45) is 0.409. The van der Waals surface area contributed by atoms with Crippen LogP contribution in [0.3, 0.4) is 0 Å². The minimum atomic E-state index is -4.25. The van der Waals surface area contributed by atoms with Crippen LogP contribution in [0.15, 0.2) is 121 Å². The monoisotopic (exact) mass is 1120 g/mol. The van der Waals surface area contributed by atoms with Crippen molar-refractivity contribution < 1.29 is 88.2 Å². The summed E-state index contributed by atoms with van der Waals surface area (Å²) in [5, 5.41) is 0. The van der Waals surface area contributed by atoms with E-state index in [2.05, 4.69) is 0 Å². The van der Waals surface area contributed by atoms with Crippen LogP contribution in [0.4, 0.5) is 37.7 Å². The molecule has 0 unspecified atom stereocenters. The first-order valence-corrected chi connectivity index (χ1v) is 25.7. The summed E-state index contributed by atoms with van der Waals surface area (Å²) in [6.45, 7) is 0.674. The number of carbonyl (C=O) groups is 5. The predicted molar refractivity (Wildman–Crippen MR) is 285 cm³/mol. The maximum atomic E-state index is 12.7. The van der Waals surface area contributed by atoms with Crippen LogP contribution in [-0.2, 0) is 23.8 Å². The fraction of sp³-hybridized carbons (Fsp3) is 0.339. The number of rotatable bonds is 32. The van der Waals surface area contributed by atoms with Crippen molar-refractivity contribution in [3.05, 3.63) is 149 Å². The molecule has 0 heterocycles. The molecule has 0 aliphatic heterocycles. The van der Waals surface area contributed by atoms with Crippen LogP contribution in [0.25, 0.3) is 12.2 Å². The van der Waals surface area contributed by atoms with Gasteiger partial charge in [-0.15, -0.1) is 0 Å². The molecule has 0 aliphatic carbocycles. The molecule has 0 atom stereocenters. The lowest BCUT2D eigenvalue weighted by Crippen LogP contribution is -2.10. The minimum Gasteiger partial charge on any atom is -0.494 e. The minimum absolute atomic E-state index is 0.110. The Balaban J connectivity index is 0.854. The number of alkyl halides is 6. The molecule has 0 spiro atoms. The van der Waals surface area contributed by atoms with E-state index >= 15 is 0 Å². The molecule has 5 aromatic carbocycles. The molecule has 0 bridgehead atoms. The van der Waals surface area contributed by atoms with Gasteiger partial charge in [0.2, 0.25) is 0 Å². The molecule has 0 aromatic heterocycles. The molecule has 15 nitrogen and oxygen atoms in total. The summed E-state index contributed by atoms with van der Waals surface area (Å²) in [4.78, 5) is 62.3. The number of carbonyl (C=O) groups excluding carboxylic acids is 5. The van der Waals surface area contributed by atoms with Crippen molar-refractivity contribution in [3.63, 3.8) is 0 Å². The van der Waals surface area contributed by atoms with Gasteiger partial charge in [-0.05, 0) is 172 Å². The Morgan fingerprint density at radius 1 is 0.388 bits per heavy atom. The molecule has 80 heavy (non-hydrogen) atoms. The van der Waals surface area contributed by atoms with Gasteiger partial charge >= 0.3 is 42.2 Å². The van der Waals surface area contributed by atoms with Gasteiger partial charge in [0.1, 0.15) is 23.0 Å². The SMILES string of the molecule is Nc1cc(C(=O)OCCCCCCOC(=O)/C=C/c2ccc(OC(=O)c3ccc(OCCCC(F)(F)F)cc3)cc2)cc(N)c1OCCCCCCOC(=O)/C=C/c1ccc(OC(=O)c2ccc(OCCCC(F)(F)F)cc2)cc1. The van der Waals surface area contributed by atoms with Crippen LogP contribution < -0.4 is 35.2 Å². The Hall–Kier alpha value is -8.49. The fourth-order valence-electron chi connectivity index (χ4n) is 7.19. The molecule has 0 saturated heterocycles. The second-order valence-corrected chi connectivity index (χ2v) is 17.9. The van der Waals surface area contributed by atoms with Crippen LogP contribution in [0.1, 0.15) is 119 Å². The molecule has 0 aliphatic rings. The van der Waals surface area contributed by atoms with Gasteiger partial charge in [-0.3, -0.25) is 0 Å². The topological polar surface area (TPSA) is 211 Å². The van der Waals surface area contributed by atoms with Crippen molar-refractivity contribution in [1.82, 2.24) is 0 Å². The highest BCUT2D eigenvalue weighted by Crippen LogP contribution is 2.32. The molecular formula is C59H62F6N2O13. The van der Waals surface area contributed by atoms with Crippen LogP contribution >= 0.6 is 0 Å². The predicted octanol–water partition coefficient (Wildman–Crippen LogP) is 12.9. The summed E-state index contributed by atoms with van der Waals surface area (Å²) in [6, 6.07) is 27.4. The molecule has 428 valence electrons. The number of benzene rings is 5. The number of nitrogens with two attached hydrogens (primary N) is 2. The summed E-state index contributed by atoms with van der Waals surface area (Å²) in [5.74, 6) is -1.46. The van der Waals surface area contributed by atoms with E-state index < -0.39 is 55.0 Å². The normalized spacial score (nSPS) is 11.5. The number of anilines is 2. The van der Waals surface area contributed by atoms with Crippen molar-refractivity contribution in [3.8, 4) is 28.7 Å². The molecule has 0 amide bonds. The smallest absolute Gasteiger partial charge is 0.389 e. The first-order chi connectivity index (χ1) is 38.3. The van der Waals surface area contributed by atoms with Crippen molar-refractivity contribution in [1.29, 1.82) is 0 Å². The maximum absolute atomic E-state index is 12.7. The first kappa shape index (κ1) is 62.4. The van der Waals surface area contributed by atoms with Crippen molar-refractivity contribution in [2.45, 2.75) is 89.4 Å². The Labute approximate surface area is 458 Å². The van der Waals surface area contributed by atoms with Crippen LogP contribution in [0, 0.1) is 0 Å². The Morgan fingerprint density at radius 3 is 1.12 bits per heavy atom. The number of unbranched alkanes of at least 4 members (excludes halogenated alkanes) is 6. The fourth-order valence-corrected chi connectivity index (χ4v) is 7.19. The van der Waals surface area contributed by atoms with Gasteiger partial charge in [0.05, 0.1) is 67.7 Å². The Bertz CT molecular complexity index is 2800. The van der Waals surface area contributed by atoms with E-state index in [1.54, 1.807) is 60.7 Å². The van der Waals surface area contributed by atoms with E-state index in [9.17, 15) is 50.3 Å². The van der Waals surface area contributed by atoms with Crippen LogP contribution in [0.2, 0.25) is 0 Å². The average molecular weight is 1120 g/mol. The largest absolute Gasteiger partial charge is 0.494 e. The average Bonchev–Trinajstić information content (AvgIpc) is 3.42. The van der Waals surface area contributed by atoms with Crippen molar-refractivity contribution in [2.75, 3.05) is 51.1 Å². The molecule has 4 N–H and O–H groups in total. The van der Waals surface area contributed by atoms with Crippen LogP contribution in [0.5, 0.6) is 28.7 Å². The highest BCUT2D eigenvalue weighted by molar-refractivity contribution is 5.94. The number of halogens is 6. The van der Waals surface area contributed by atoms with Gasteiger partial charge in [-0.1, -0.05) is 24.3 Å². The number of esters is 5.